The Morgan fingerprint density at radius 2 is 2.25 bits per heavy atom. The highest BCUT2D eigenvalue weighted by atomic mass is 19.1. The summed E-state index contributed by atoms with van der Waals surface area (Å²) in [6.45, 7) is 8.27. The first-order valence-electron chi connectivity index (χ1n) is 6.55. The van der Waals surface area contributed by atoms with Gasteiger partial charge in [-0.1, -0.05) is 26.0 Å². The average molecular weight is 280 g/mol. The van der Waals surface area contributed by atoms with Gasteiger partial charge in [-0.05, 0) is 17.7 Å². The van der Waals surface area contributed by atoms with Crippen LogP contribution in [0.1, 0.15) is 19.4 Å². The molecule has 0 spiro atoms. The van der Waals surface area contributed by atoms with Crippen LogP contribution < -0.4 is 15.4 Å². The van der Waals surface area contributed by atoms with Crippen LogP contribution in [0.4, 0.5) is 4.39 Å². The number of hydrogen-bond donors (Lipinski definition) is 2. The Kier molecular flexibility index (Phi) is 6.73. The molecule has 2 N–H and O–H groups in total. The predicted octanol–water partition coefficient (Wildman–Crippen LogP) is 2.00. The van der Waals surface area contributed by atoms with E-state index in [0.717, 1.165) is 5.56 Å². The summed E-state index contributed by atoms with van der Waals surface area (Å²) in [4.78, 5) is 11.3. The highest BCUT2D eigenvalue weighted by molar-refractivity contribution is 5.77. The third-order valence-corrected chi connectivity index (χ3v) is 2.51. The molecule has 4 nitrogen and oxygen atoms in total. The highest BCUT2D eigenvalue weighted by Crippen LogP contribution is 2.18. The number of hydrogen-bond acceptors (Lipinski definition) is 3. The summed E-state index contributed by atoms with van der Waals surface area (Å²) in [7, 11) is 0. The van der Waals surface area contributed by atoms with Gasteiger partial charge in [-0.2, -0.15) is 0 Å². The Labute approximate surface area is 119 Å². The second kappa shape index (κ2) is 8.32. The maximum Gasteiger partial charge on any atom is 0.258 e. The molecule has 110 valence electrons. The van der Waals surface area contributed by atoms with E-state index in [1.807, 2.05) is 13.8 Å². The van der Waals surface area contributed by atoms with Crippen molar-refractivity contribution in [1.29, 1.82) is 0 Å². The van der Waals surface area contributed by atoms with Crippen LogP contribution in [0.25, 0.3) is 0 Å². The van der Waals surface area contributed by atoms with Crippen LogP contribution in [0.15, 0.2) is 30.9 Å². The molecule has 0 aromatic heterocycles. The first-order valence-corrected chi connectivity index (χ1v) is 6.55. The van der Waals surface area contributed by atoms with Gasteiger partial charge in [0.25, 0.3) is 5.91 Å². The number of benzene rings is 1. The molecule has 5 heteroatoms. The van der Waals surface area contributed by atoms with E-state index in [0.29, 0.717) is 19.1 Å². The Morgan fingerprint density at radius 1 is 1.50 bits per heavy atom. The molecule has 0 heterocycles. The summed E-state index contributed by atoms with van der Waals surface area (Å²) in [5, 5.41) is 5.75. The van der Waals surface area contributed by atoms with E-state index in [9.17, 15) is 9.18 Å². The van der Waals surface area contributed by atoms with E-state index in [1.54, 1.807) is 12.1 Å². The van der Waals surface area contributed by atoms with Crippen LogP contribution >= 0.6 is 0 Å². The normalized spacial score (nSPS) is 10.4. The van der Waals surface area contributed by atoms with Gasteiger partial charge in [0.15, 0.2) is 18.2 Å². The molecule has 1 aromatic carbocycles. The molecule has 0 unspecified atom stereocenters. The van der Waals surface area contributed by atoms with Gasteiger partial charge in [0.1, 0.15) is 0 Å². The Bertz CT molecular complexity index is 461. The van der Waals surface area contributed by atoms with Crippen molar-refractivity contribution in [2.45, 2.75) is 26.4 Å². The van der Waals surface area contributed by atoms with Crippen LogP contribution in [-0.2, 0) is 11.3 Å². The summed E-state index contributed by atoms with van der Waals surface area (Å²) in [6.07, 6.45) is 1.56. The first kappa shape index (κ1) is 16.2. The van der Waals surface area contributed by atoms with Gasteiger partial charge >= 0.3 is 0 Å². The minimum Gasteiger partial charge on any atom is -0.481 e. The van der Waals surface area contributed by atoms with E-state index in [4.69, 9.17) is 4.74 Å². The van der Waals surface area contributed by atoms with Gasteiger partial charge in [-0.15, -0.1) is 6.58 Å². The smallest absolute Gasteiger partial charge is 0.258 e. The van der Waals surface area contributed by atoms with Crippen LogP contribution in [-0.4, -0.2) is 25.1 Å². The van der Waals surface area contributed by atoms with Crippen molar-refractivity contribution < 1.29 is 13.9 Å². The zero-order valence-electron chi connectivity index (χ0n) is 11.9. The topological polar surface area (TPSA) is 50.4 Å². The Hall–Kier alpha value is -1.88. The molecule has 0 aliphatic carbocycles. The number of rotatable bonds is 8. The Morgan fingerprint density at radius 3 is 2.85 bits per heavy atom. The molecular weight excluding hydrogens is 259 g/mol. The molecule has 0 fully saturated rings. The molecule has 0 aliphatic heterocycles. The monoisotopic (exact) mass is 280 g/mol. The number of carbonyl (C=O) groups is 1. The van der Waals surface area contributed by atoms with Crippen molar-refractivity contribution in [2.75, 3.05) is 13.2 Å². The minimum absolute atomic E-state index is 0.0760. The van der Waals surface area contributed by atoms with Crippen LogP contribution in [0.5, 0.6) is 5.75 Å². The van der Waals surface area contributed by atoms with Crippen LogP contribution in [0, 0.1) is 5.82 Å². The van der Waals surface area contributed by atoms with Crippen LogP contribution in [0.2, 0.25) is 0 Å². The van der Waals surface area contributed by atoms with Crippen molar-refractivity contribution in [3.8, 4) is 5.75 Å². The molecule has 0 atom stereocenters. The van der Waals surface area contributed by atoms with E-state index in [2.05, 4.69) is 17.2 Å². The van der Waals surface area contributed by atoms with Crippen molar-refractivity contribution in [1.82, 2.24) is 10.6 Å². The highest BCUT2D eigenvalue weighted by Gasteiger charge is 2.07. The van der Waals surface area contributed by atoms with Gasteiger partial charge in [0.2, 0.25) is 0 Å². The summed E-state index contributed by atoms with van der Waals surface area (Å²) < 4.78 is 18.9. The van der Waals surface area contributed by atoms with Gasteiger partial charge < -0.3 is 15.4 Å². The fraction of sp³-hybridized carbons (Fsp3) is 0.400. The third-order valence-electron chi connectivity index (χ3n) is 2.51. The lowest BCUT2D eigenvalue weighted by Gasteiger charge is -2.10. The third kappa shape index (κ3) is 5.84. The molecule has 0 bridgehead atoms. The lowest BCUT2D eigenvalue weighted by atomic mass is 10.2. The standard InChI is InChI=1S/C15H21FN2O2/c1-4-7-17-15(19)10-20-14-6-5-12(8-13(14)16)9-18-11(2)3/h4-6,8,11,18H,1,7,9-10H2,2-3H3,(H,17,19). The van der Waals surface area contributed by atoms with Gasteiger partial charge in [-0.3, -0.25) is 4.79 Å². The molecule has 1 aromatic rings. The summed E-state index contributed by atoms with van der Waals surface area (Å²) in [5.74, 6) is -0.702. The zero-order valence-corrected chi connectivity index (χ0v) is 11.9. The maximum atomic E-state index is 13.8. The molecule has 20 heavy (non-hydrogen) atoms. The maximum absolute atomic E-state index is 13.8. The fourth-order valence-corrected chi connectivity index (χ4v) is 1.47. The zero-order chi connectivity index (χ0) is 15.0. The molecular formula is C15H21FN2O2. The summed E-state index contributed by atoms with van der Waals surface area (Å²) in [5.41, 5.74) is 0.833. The number of amides is 1. The van der Waals surface area contributed by atoms with Gasteiger partial charge in [-0.25, -0.2) is 4.39 Å². The van der Waals surface area contributed by atoms with Crippen molar-refractivity contribution in [3.63, 3.8) is 0 Å². The summed E-state index contributed by atoms with van der Waals surface area (Å²) in [6, 6.07) is 5.05. The quantitative estimate of drug-likeness (QED) is 0.716. The summed E-state index contributed by atoms with van der Waals surface area (Å²) >= 11 is 0. The first-order chi connectivity index (χ1) is 9.52. The second-order valence-corrected chi connectivity index (χ2v) is 4.68. The minimum atomic E-state index is -0.468. The molecule has 0 saturated heterocycles. The fourth-order valence-electron chi connectivity index (χ4n) is 1.47. The van der Waals surface area contributed by atoms with Crippen molar-refractivity contribution >= 4 is 5.91 Å². The molecule has 0 saturated carbocycles. The SMILES string of the molecule is C=CCNC(=O)COc1ccc(CNC(C)C)cc1F. The lowest BCUT2D eigenvalue weighted by Crippen LogP contribution is -2.29. The molecule has 1 rings (SSSR count). The van der Waals surface area contributed by atoms with E-state index in [-0.39, 0.29) is 18.3 Å². The number of carbonyl (C=O) groups excluding carboxylic acids is 1. The van der Waals surface area contributed by atoms with Gasteiger partial charge in [0.05, 0.1) is 0 Å². The Balaban J connectivity index is 2.51. The molecule has 1 amide bonds. The number of halogens is 1. The van der Waals surface area contributed by atoms with Crippen molar-refractivity contribution in [3.05, 3.63) is 42.2 Å². The second-order valence-electron chi connectivity index (χ2n) is 4.68. The number of nitrogens with one attached hydrogen (secondary N) is 2. The van der Waals surface area contributed by atoms with E-state index < -0.39 is 5.82 Å². The van der Waals surface area contributed by atoms with Gasteiger partial charge in [0, 0.05) is 19.1 Å². The predicted molar refractivity (Wildman–Crippen MR) is 77.1 cm³/mol. The van der Waals surface area contributed by atoms with Crippen LogP contribution in [0.3, 0.4) is 0 Å². The molecule has 0 radical (unpaired) electrons. The largest absolute Gasteiger partial charge is 0.481 e. The number of ether oxygens (including phenoxy) is 1. The van der Waals surface area contributed by atoms with E-state index >= 15 is 0 Å². The lowest BCUT2D eigenvalue weighted by molar-refractivity contribution is -0.122. The average Bonchev–Trinajstić information content (AvgIpc) is 2.41. The van der Waals surface area contributed by atoms with E-state index in [1.165, 1.54) is 12.1 Å². The molecule has 0 aliphatic rings. The van der Waals surface area contributed by atoms with Crippen molar-refractivity contribution in [2.24, 2.45) is 0 Å².